The predicted molar refractivity (Wildman–Crippen MR) is 286 cm³/mol. The lowest BCUT2D eigenvalue weighted by Gasteiger charge is -2.48. The summed E-state index contributed by atoms with van der Waals surface area (Å²) in [5.74, 6) is -1.71. The Hall–Kier alpha value is -5.20. The standard InChI is InChI=1S/C63H74O13/c1-62(2)45-66-35-33-64-43-54-56(69-38-49-23-11-4-12-24-49)58(71-40-51-27-15-6-16-28-51)59(72-41-52-29-17-7-18-30-52)61(74-54)76-63(47-68-37-48-21-9-3-10-22-48)60(73-42-53-31-19-8-20-32-53)57(70-39-50-25-13-5-14-26-50)55(75-63)44-65-34-36-67-46-62/h3-32,54-61H,33-47H2,1-2H3/t54-,55-,56+,57+,58+,59-,60+,61-,63+/m1/s1. The third kappa shape index (κ3) is 16.4. The molecule has 0 radical (unpaired) electrons. The molecule has 4 bridgehead atoms. The molecule has 0 N–H and O–H groups in total. The minimum absolute atomic E-state index is 0.103. The van der Waals surface area contributed by atoms with E-state index in [2.05, 4.69) is 13.8 Å². The van der Waals surface area contributed by atoms with Gasteiger partial charge in [0.1, 0.15) is 49.3 Å². The molecule has 0 unspecified atom stereocenters. The number of fused-ring (bicyclic) bond motifs is 4. The maximum atomic E-state index is 7.63. The first kappa shape index (κ1) is 55.6. The molecule has 0 saturated carbocycles. The largest absolute Gasteiger partial charge is 0.378 e. The first-order valence-electron chi connectivity index (χ1n) is 26.6. The molecule has 13 heteroatoms. The molecule has 6 aromatic rings. The summed E-state index contributed by atoms with van der Waals surface area (Å²) in [6, 6.07) is 60.2. The van der Waals surface area contributed by atoms with Gasteiger partial charge in [-0.25, -0.2) is 0 Å². The second-order valence-electron chi connectivity index (χ2n) is 20.3. The zero-order chi connectivity index (χ0) is 52.1. The van der Waals surface area contributed by atoms with Gasteiger partial charge in [0.15, 0.2) is 6.29 Å². The maximum absolute atomic E-state index is 7.63. The number of ether oxygens (including phenoxy) is 13. The normalized spacial score (nSPS) is 26.6. The highest BCUT2D eigenvalue weighted by Gasteiger charge is 2.62. The van der Waals surface area contributed by atoms with Crippen LogP contribution >= 0.6 is 0 Å². The average molecular weight is 1040 g/mol. The fraction of sp³-hybridized carbons (Fsp3) is 0.429. The van der Waals surface area contributed by atoms with Crippen molar-refractivity contribution in [3.63, 3.8) is 0 Å². The van der Waals surface area contributed by atoms with Crippen molar-refractivity contribution in [1.82, 2.24) is 0 Å². The van der Waals surface area contributed by atoms with E-state index in [-0.39, 0.29) is 64.9 Å². The Bertz CT molecular complexity index is 2510. The molecule has 9 rings (SSSR count). The summed E-state index contributed by atoms with van der Waals surface area (Å²) in [6.07, 6.45) is -6.76. The Morgan fingerprint density at radius 1 is 0.382 bits per heavy atom. The van der Waals surface area contributed by atoms with Crippen molar-refractivity contribution in [3.05, 3.63) is 215 Å². The summed E-state index contributed by atoms with van der Waals surface area (Å²) in [4.78, 5) is 0. The second-order valence-corrected chi connectivity index (χ2v) is 20.3. The van der Waals surface area contributed by atoms with Gasteiger partial charge in [-0.1, -0.05) is 196 Å². The van der Waals surface area contributed by atoms with E-state index in [0.717, 1.165) is 33.4 Å². The second kappa shape index (κ2) is 29.0. The Kier molecular flexibility index (Phi) is 21.2. The van der Waals surface area contributed by atoms with E-state index in [0.29, 0.717) is 39.6 Å². The number of hydrogen-bond acceptors (Lipinski definition) is 13. The summed E-state index contributed by atoms with van der Waals surface area (Å²) < 4.78 is 89.8. The van der Waals surface area contributed by atoms with Crippen molar-refractivity contribution >= 4 is 0 Å². The van der Waals surface area contributed by atoms with Crippen molar-refractivity contribution in [2.45, 2.75) is 108 Å². The fourth-order valence-electron chi connectivity index (χ4n) is 9.58. The van der Waals surface area contributed by atoms with Crippen molar-refractivity contribution in [2.24, 2.45) is 5.41 Å². The SMILES string of the molecule is CC1(C)COCCOC[C@H]2O[C@H](O[C@]3(COCc4ccccc4)O[C@H](COCCOC1)[C@H](OCc1ccccc1)[C@@H]3OCc1ccccc1)[C@H](OCc1ccccc1)[C@@H](OCc1ccccc1)[C@H]2OCc1ccccc1. The van der Waals surface area contributed by atoms with Crippen LogP contribution in [0.5, 0.6) is 0 Å². The van der Waals surface area contributed by atoms with E-state index in [1.54, 1.807) is 0 Å². The van der Waals surface area contributed by atoms with Crippen LogP contribution in [0.3, 0.4) is 0 Å². The third-order valence-corrected chi connectivity index (χ3v) is 13.5. The van der Waals surface area contributed by atoms with E-state index in [1.165, 1.54) is 0 Å². The molecule has 0 amide bonds. The molecule has 3 saturated heterocycles. The molecule has 6 aromatic carbocycles. The van der Waals surface area contributed by atoms with Gasteiger partial charge >= 0.3 is 0 Å². The Morgan fingerprint density at radius 3 is 1.21 bits per heavy atom. The highest BCUT2D eigenvalue weighted by molar-refractivity contribution is 5.19. The molecule has 0 aliphatic carbocycles. The van der Waals surface area contributed by atoms with Gasteiger partial charge in [-0.15, -0.1) is 0 Å². The van der Waals surface area contributed by atoms with Gasteiger partial charge in [0, 0.05) is 5.41 Å². The van der Waals surface area contributed by atoms with Crippen molar-refractivity contribution in [1.29, 1.82) is 0 Å². The smallest absolute Gasteiger partial charge is 0.224 e. The lowest BCUT2D eigenvalue weighted by molar-refractivity contribution is -0.398. The summed E-state index contributed by atoms with van der Waals surface area (Å²) in [5.41, 5.74) is 5.54. The highest BCUT2D eigenvalue weighted by Crippen LogP contribution is 2.42. The molecule has 0 aromatic heterocycles. The van der Waals surface area contributed by atoms with Crippen LogP contribution in [-0.2, 0) is 101 Å². The monoisotopic (exact) mass is 1040 g/mol. The van der Waals surface area contributed by atoms with Gasteiger partial charge < -0.3 is 61.6 Å². The average Bonchev–Trinajstić information content (AvgIpc) is 3.77. The molecule has 76 heavy (non-hydrogen) atoms. The van der Waals surface area contributed by atoms with E-state index >= 15 is 0 Å². The minimum atomic E-state index is -1.71. The van der Waals surface area contributed by atoms with Crippen molar-refractivity contribution in [3.8, 4) is 0 Å². The minimum Gasteiger partial charge on any atom is -0.378 e. The summed E-state index contributed by atoms with van der Waals surface area (Å²) in [6.45, 7) is 8.06. The van der Waals surface area contributed by atoms with Gasteiger partial charge in [0.05, 0.1) is 92.5 Å². The van der Waals surface area contributed by atoms with Crippen LogP contribution in [0.4, 0.5) is 0 Å². The zero-order valence-electron chi connectivity index (χ0n) is 43.9. The molecule has 0 spiro atoms. The number of rotatable bonds is 19. The summed E-state index contributed by atoms with van der Waals surface area (Å²) in [5, 5.41) is 0. The molecule has 3 fully saturated rings. The first-order chi connectivity index (χ1) is 37.4. The summed E-state index contributed by atoms with van der Waals surface area (Å²) in [7, 11) is 0. The highest BCUT2D eigenvalue weighted by atomic mass is 16.8. The molecule has 13 nitrogen and oxygen atoms in total. The van der Waals surface area contributed by atoms with E-state index in [1.807, 2.05) is 182 Å². The van der Waals surface area contributed by atoms with Gasteiger partial charge in [-0.2, -0.15) is 0 Å². The molecular weight excluding hydrogens is 965 g/mol. The van der Waals surface area contributed by atoms with Crippen LogP contribution in [0, 0.1) is 5.41 Å². The van der Waals surface area contributed by atoms with Gasteiger partial charge in [-0.3, -0.25) is 0 Å². The van der Waals surface area contributed by atoms with Gasteiger partial charge in [0.2, 0.25) is 5.79 Å². The topological polar surface area (TPSA) is 120 Å². The zero-order valence-corrected chi connectivity index (χ0v) is 43.9. The van der Waals surface area contributed by atoms with Crippen LogP contribution in [-0.4, -0.2) is 114 Å². The van der Waals surface area contributed by atoms with E-state index < -0.39 is 54.8 Å². The fourth-order valence-corrected chi connectivity index (χ4v) is 9.58. The maximum Gasteiger partial charge on any atom is 0.224 e. The van der Waals surface area contributed by atoms with Gasteiger partial charge in [0.25, 0.3) is 0 Å². The van der Waals surface area contributed by atoms with Crippen LogP contribution in [0.15, 0.2) is 182 Å². The number of hydrogen-bond donors (Lipinski definition) is 0. The first-order valence-corrected chi connectivity index (χ1v) is 26.6. The van der Waals surface area contributed by atoms with E-state index in [4.69, 9.17) is 61.6 Å². The third-order valence-electron chi connectivity index (χ3n) is 13.5. The molecule has 3 aliphatic rings. The lowest BCUT2D eigenvalue weighted by atomic mass is 9.96. The Morgan fingerprint density at radius 2 is 0.750 bits per heavy atom. The molecular formula is C63H74O13. The van der Waals surface area contributed by atoms with Crippen LogP contribution < -0.4 is 0 Å². The number of benzene rings is 6. The quantitative estimate of drug-likeness (QED) is 0.0767. The van der Waals surface area contributed by atoms with Crippen LogP contribution in [0.1, 0.15) is 47.2 Å². The molecule has 9 atom stereocenters. The Labute approximate surface area is 448 Å². The van der Waals surface area contributed by atoms with Crippen LogP contribution in [0.25, 0.3) is 0 Å². The van der Waals surface area contributed by atoms with E-state index in [9.17, 15) is 0 Å². The van der Waals surface area contributed by atoms with Crippen molar-refractivity contribution < 1.29 is 61.6 Å². The summed E-state index contributed by atoms with van der Waals surface area (Å²) >= 11 is 0. The molecule has 3 aliphatic heterocycles. The molecule has 3 heterocycles. The van der Waals surface area contributed by atoms with Crippen LogP contribution in [0.2, 0.25) is 0 Å². The van der Waals surface area contributed by atoms with Crippen molar-refractivity contribution in [2.75, 3.05) is 59.5 Å². The predicted octanol–water partition coefficient (Wildman–Crippen LogP) is 10.1. The van der Waals surface area contributed by atoms with Gasteiger partial charge in [-0.05, 0) is 33.4 Å². The molecule has 404 valence electrons. The lowest BCUT2D eigenvalue weighted by Crippen LogP contribution is -2.65. The Balaban J connectivity index is 1.15.